The highest BCUT2D eigenvalue weighted by Crippen LogP contribution is 2.28. The first-order chi connectivity index (χ1) is 9.47. The van der Waals surface area contributed by atoms with E-state index in [4.69, 9.17) is 11.6 Å². The number of rotatable bonds is 3. The van der Waals surface area contributed by atoms with Gasteiger partial charge in [-0.15, -0.1) is 0 Å². The second kappa shape index (κ2) is 5.66. The van der Waals surface area contributed by atoms with Gasteiger partial charge in [-0.1, -0.05) is 11.6 Å². The number of nitro benzene ring substituents is 1. The van der Waals surface area contributed by atoms with Gasteiger partial charge in [-0.3, -0.25) is 14.9 Å². The third-order valence-electron chi connectivity index (χ3n) is 2.51. The Hall–Kier alpha value is -2.47. The molecule has 0 fully saturated rings. The summed E-state index contributed by atoms with van der Waals surface area (Å²) in [5, 5.41) is 13.5. The number of nitrogens with zero attached hydrogens (tertiary/aromatic N) is 1. The summed E-state index contributed by atoms with van der Waals surface area (Å²) in [5.74, 6) is -1.05. The maximum absolute atomic E-state index is 12.8. The number of amides is 1. The van der Waals surface area contributed by atoms with E-state index in [2.05, 4.69) is 5.32 Å². The van der Waals surface area contributed by atoms with Gasteiger partial charge in [-0.25, -0.2) is 4.39 Å². The number of anilines is 1. The molecule has 7 heteroatoms. The fourth-order valence-electron chi connectivity index (χ4n) is 1.56. The zero-order valence-electron chi connectivity index (χ0n) is 9.97. The summed E-state index contributed by atoms with van der Waals surface area (Å²) in [4.78, 5) is 22.1. The smallest absolute Gasteiger partial charge is 0.294 e. The highest BCUT2D eigenvalue weighted by atomic mass is 35.5. The predicted molar refractivity (Wildman–Crippen MR) is 72.5 cm³/mol. The lowest BCUT2D eigenvalue weighted by Crippen LogP contribution is -2.13. The van der Waals surface area contributed by atoms with Gasteiger partial charge in [-0.2, -0.15) is 0 Å². The summed E-state index contributed by atoms with van der Waals surface area (Å²) in [5.41, 5.74) is -0.0997. The number of nitro groups is 1. The van der Waals surface area contributed by atoms with Crippen LogP contribution in [0.15, 0.2) is 42.5 Å². The molecule has 102 valence electrons. The van der Waals surface area contributed by atoms with Crippen LogP contribution in [-0.2, 0) is 0 Å². The number of halogens is 2. The third kappa shape index (κ3) is 3.10. The zero-order valence-corrected chi connectivity index (χ0v) is 10.7. The summed E-state index contributed by atoms with van der Waals surface area (Å²) < 4.78 is 12.8. The number of benzene rings is 2. The predicted octanol–water partition coefficient (Wildman–Crippen LogP) is 3.64. The minimum absolute atomic E-state index is 0.0220. The van der Waals surface area contributed by atoms with Crippen molar-refractivity contribution in [1.29, 1.82) is 0 Å². The molecule has 0 heterocycles. The van der Waals surface area contributed by atoms with Crippen LogP contribution in [0.5, 0.6) is 0 Å². The largest absolute Gasteiger partial charge is 0.316 e. The molecule has 0 atom stereocenters. The molecule has 0 saturated heterocycles. The zero-order chi connectivity index (χ0) is 14.7. The second-order valence-corrected chi connectivity index (χ2v) is 4.32. The standard InChI is InChI=1S/C13H8ClFN2O3/c14-9-3-6-11(12(7-9)17(19)20)16-13(18)8-1-4-10(15)5-2-8/h1-7H,(H,16,18). The first-order valence-corrected chi connectivity index (χ1v) is 5.86. The molecule has 0 bridgehead atoms. The summed E-state index contributed by atoms with van der Waals surface area (Å²) in [6.45, 7) is 0. The van der Waals surface area contributed by atoms with Crippen LogP contribution in [0.4, 0.5) is 15.8 Å². The molecule has 0 aliphatic heterocycles. The Morgan fingerprint density at radius 2 is 1.85 bits per heavy atom. The van der Waals surface area contributed by atoms with E-state index < -0.39 is 16.6 Å². The van der Waals surface area contributed by atoms with Crippen LogP contribution >= 0.6 is 11.6 Å². The topological polar surface area (TPSA) is 72.2 Å². The summed E-state index contributed by atoms with van der Waals surface area (Å²) in [6.07, 6.45) is 0. The van der Waals surface area contributed by atoms with E-state index in [1.807, 2.05) is 0 Å². The fourth-order valence-corrected chi connectivity index (χ4v) is 1.72. The Morgan fingerprint density at radius 3 is 2.45 bits per heavy atom. The minimum Gasteiger partial charge on any atom is -0.316 e. The summed E-state index contributed by atoms with van der Waals surface area (Å²) >= 11 is 5.67. The number of carbonyl (C=O) groups excluding carboxylic acids is 1. The Balaban J connectivity index is 2.28. The van der Waals surface area contributed by atoms with Crippen molar-refractivity contribution in [3.63, 3.8) is 0 Å². The van der Waals surface area contributed by atoms with Crippen molar-refractivity contribution in [2.24, 2.45) is 0 Å². The van der Waals surface area contributed by atoms with Crippen molar-refractivity contribution in [3.05, 3.63) is 69.0 Å². The van der Waals surface area contributed by atoms with Gasteiger partial charge in [0.25, 0.3) is 11.6 Å². The Kier molecular flexibility index (Phi) is 3.95. The monoisotopic (exact) mass is 294 g/mol. The van der Waals surface area contributed by atoms with Gasteiger partial charge in [0.15, 0.2) is 0 Å². The minimum atomic E-state index is -0.647. The summed E-state index contributed by atoms with van der Waals surface area (Å²) in [7, 11) is 0. The molecule has 5 nitrogen and oxygen atoms in total. The van der Waals surface area contributed by atoms with Crippen LogP contribution in [-0.4, -0.2) is 10.8 Å². The third-order valence-corrected chi connectivity index (χ3v) is 2.75. The van der Waals surface area contributed by atoms with Crippen molar-refractivity contribution >= 4 is 28.9 Å². The van der Waals surface area contributed by atoms with Crippen molar-refractivity contribution in [1.82, 2.24) is 0 Å². The first-order valence-electron chi connectivity index (χ1n) is 5.48. The van der Waals surface area contributed by atoms with E-state index in [0.717, 1.165) is 18.2 Å². The van der Waals surface area contributed by atoms with Gasteiger partial charge in [-0.05, 0) is 36.4 Å². The number of hydrogen-bond donors (Lipinski definition) is 1. The molecule has 20 heavy (non-hydrogen) atoms. The van der Waals surface area contributed by atoms with Gasteiger partial charge >= 0.3 is 0 Å². The number of hydrogen-bond acceptors (Lipinski definition) is 3. The lowest BCUT2D eigenvalue weighted by molar-refractivity contribution is -0.383. The van der Waals surface area contributed by atoms with Crippen LogP contribution in [0, 0.1) is 15.9 Å². The van der Waals surface area contributed by atoms with E-state index in [1.54, 1.807) is 0 Å². The van der Waals surface area contributed by atoms with Gasteiger partial charge in [0.1, 0.15) is 11.5 Å². The Morgan fingerprint density at radius 1 is 1.20 bits per heavy atom. The van der Waals surface area contributed by atoms with E-state index in [9.17, 15) is 19.3 Å². The molecular formula is C13H8ClFN2O3. The lowest BCUT2D eigenvalue weighted by atomic mass is 10.2. The molecule has 0 aromatic heterocycles. The van der Waals surface area contributed by atoms with Crippen LogP contribution in [0.25, 0.3) is 0 Å². The normalized spacial score (nSPS) is 10.1. The van der Waals surface area contributed by atoms with Crippen LogP contribution in [0.3, 0.4) is 0 Å². The van der Waals surface area contributed by atoms with Crippen molar-refractivity contribution in [2.75, 3.05) is 5.32 Å². The number of carbonyl (C=O) groups is 1. The van der Waals surface area contributed by atoms with E-state index in [-0.39, 0.29) is 22.0 Å². The maximum atomic E-state index is 12.8. The highest BCUT2D eigenvalue weighted by Gasteiger charge is 2.17. The molecule has 2 aromatic rings. The number of nitrogens with one attached hydrogen (secondary N) is 1. The Labute approximate surface area is 118 Å². The van der Waals surface area contributed by atoms with Crippen molar-refractivity contribution < 1.29 is 14.1 Å². The van der Waals surface area contributed by atoms with Gasteiger partial charge < -0.3 is 5.32 Å². The van der Waals surface area contributed by atoms with E-state index in [1.165, 1.54) is 24.3 Å². The molecule has 1 N–H and O–H groups in total. The average Bonchev–Trinajstić information content (AvgIpc) is 2.41. The molecule has 0 spiro atoms. The molecule has 1 amide bonds. The molecule has 0 aliphatic carbocycles. The van der Waals surface area contributed by atoms with E-state index in [0.29, 0.717) is 0 Å². The van der Waals surface area contributed by atoms with Crippen molar-refractivity contribution in [2.45, 2.75) is 0 Å². The van der Waals surface area contributed by atoms with Gasteiger partial charge in [0.2, 0.25) is 0 Å². The van der Waals surface area contributed by atoms with Gasteiger partial charge in [0, 0.05) is 16.7 Å². The molecule has 0 unspecified atom stereocenters. The quantitative estimate of drug-likeness (QED) is 0.694. The van der Waals surface area contributed by atoms with Gasteiger partial charge in [0.05, 0.1) is 4.92 Å². The SMILES string of the molecule is O=C(Nc1ccc(Cl)cc1[N+](=O)[O-])c1ccc(F)cc1. The molecule has 0 aliphatic rings. The maximum Gasteiger partial charge on any atom is 0.294 e. The summed E-state index contributed by atoms with van der Waals surface area (Å²) in [6, 6.07) is 8.73. The molecular weight excluding hydrogens is 287 g/mol. The average molecular weight is 295 g/mol. The van der Waals surface area contributed by atoms with Crippen LogP contribution < -0.4 is 5.32 Å². The van der Waals surface area contributed by atoms with Crippen molar-refractivity contribution in [3.8, 4) is 0 Å². The van der Waals surface area contributed by atoms with E-state index >= 15 is 0 Å². The van der Waals surface area contributed by atoms with Crippen LogP contribution in [0.1, 0.15) is 10.4 Å². The highest BCUT2D eigenvalue weighted by molar-refractivity contribution is 6.31. The molecule has 2 rings (SSSR count). The first kappa shape index (κ1) is 14.0. The molecule has 0 saturated carbocycles. The lowest BCUT2D eigenvalue weighted by Gasteiger charge is -2.06. The second-order valence-electron chi connectivity index (χ2n) is 3.88. The molecule has 0 radical (unpaired) electrons. The Bertz CT molecular complexity index is 674. The van der Waals surface area contributed by atoms with Crippen LogP contribution in [0.2, 0.25) is 5.02 Å². The molecule has 2 aromatic carbocycles. The fraction of sp³-hybridized carbons (Fsp3) is 0.